The summed E-state index contributed by atoms with van der Waals surface area (Å²) >= 11 is 10.1. The number of ether oxygens (including phenoxy) is 1. The summed E-state index contributed by atoms with van der Waals surface area (Å²) in [6, 6.07) is 3.70. The van der Waals surface area contributed by atoms with E-state index in [0.29, 0.717) is 5.88 Å². The maximum Gasteiger partial charge on any atom is 0.213 e. The molecule has 0 radical (unpaired) electrons. The van der Waals surface area contributed by atoms with Gasteiger partial charge in [-0.05, 0) is 22.0 Å². The van der Waals surface area contributed by atoms with Crippen molar-refractivity contribution in [1.29, 1.82) is 0 Å². The Morgan fingerprint density at radius 3 is 2.58 bits per heavy atom. The number of rotatable bonds is 2. The highest BCUT2D eigenvalue weighted by Crippen LogP contribution is 2.33. The molecule has 2 nitrogen and oxygen atoms in total. The molecule has 1 aromatic rings. The normalized spacial score (nSPS) is 10.4. The van der Waals surface area contributed by atoms with E-state index in [0.717, 1.165) is 10.2 Å². The van der Waals surface area contributed by atoms with Crippen LogP contribution in [0.25, 0.3) is 0 Å². The molecular weight excluding hydrogens is 354 g/mol. The van der Waals surface area contributed by atoms with Gasteiger partial charge in [-0.3, -0.25) is 0 Å². The van der Waals surface area contributed by atoms with Crippen LogP contribution in [0.4, 0.5) is 0 Å². The zero-order valence-corrected chi connectivity index (χ0v) is 11.0. The van der Waals surface area contributed by atoms with Crippen LogP contribution in [0.1, 0.15) is 9.43 Å². The Morgan fingerprint density at radius 2 is 2.08 bits per heavy atom. The summed E-state index contributed by atoms with van der Waals surface area (Å²) in [5.41, 5.74) is 0.870. The Balaban J connectivity index is 3.08. The molecule has 1 heterocycles. The van der Waals surface area contributed by atoms with Crippen LogP contribution in [0.15, 0.2) is 16.6 Å². The predicted octanol–water partition coefficient (Wildman–Crippen LogP) is 3.64. The van der Waals surface area contributed by atoms with Gasteiger partial charge in [-0.2, -0.15) is 0 Å². The fourth-order valence-corrected chi connectivity index (χ4v) is 2.47. The van der Waals surface area contributed by atoms with Crippen molar-refractivity contribution < 1.29 is 4.74 Å². The molecule has 12 heavy (non-hydrogen) atoms. The van der Waals surface area contributed by atoms with Crippen LogP contribution in [0.3, 0.4) is 0 Å². The third-order valence-corrected chi connectivity index (χ3v) is 2.80. The topological polar surface area (TPSA) is 22.1 Å². The molecule has 0 unspecified atom stereocenters. The lowest BCUT2D eigenvalue weighted by atomic mass is 10.4. The number of nitrogens with zero attached hydrogens (tertiary/aromatic N) is 1. The van der Waals surface area contributed by atoms with Crippen molar-refractivity contribution in [2.75, 3.05) is 7.11 Å². The van der Waals surface area contributed by atoms with Gasteiger partial charge in [-0.15, -0.1) is 0 Å². The van der Waals surface area contributed by atoms with Gasteiger partial charge >= 0.3 is 0 Å². The van der Waals surface area contributed by atoms with Crippen molar-refractivity contribution in [1.82, 2.24) is 4.98 Å². The van der Waals surface area contributed by atoms with E-state index < -0.39 is 0 Å². The van der Waals surface area contributed by atoms with Crippen molar-refractivity contribution in [2.24, 2.45) is 0 Å². The van der Waals surface area contributed by atoms with Crippen LogP contribution in [-0.2, 0) is 0 Å². The second-order valence-corrected chi connectivity index (χ2v) is 5.94. The van der Waals surface area contributed by atoms with E-state index in [1.54, 1.807) is 13.2 Å². The third-order valence-electron chi connectivity index (χ3n) is 1.26. The molecule has 0 aromatic carbocycles. The predicted molar refractivity (Wildman–Crippen MR) is 59.1 cm³/mol. The fraction of sp³-hybridized carbons (Fsp3) is 0.286. The highest BCUT2D eigenvalue weighted by molar-refractivity contribution is 9.24. The number of pyridine rings is 1. The van der Waals surface area contributed by atoms with Gasteiger partial charge in [0.05, 0.1) is 12.8 Å². The van der Waals surface area contributed by atoms with Gasteiger partial charge in [0.25, 0.3) is 0 Å². The Labute approximate surface area is 96.1 Å². The molecule has 1 aromatic heterocycles. The molecule has 5 heteroatoms. The van der Waals surface area contributed by atoms with Crippen molar-refractivity contribution in [3.8, 4) is 5.88 Å². The lowest BCUT2D eigenvalue weighted by Gasteiger charge is -2.06. The largest absolute Gasteiger partial charge is 0.481 e. The maximum absolute atomic E-state index is 4.99. The molecule has 0 N–H and O–H groups in total. The van der Waals surface area contributed by atoms with Crippen LogP contribution < -0.4 is 4.74 Å². The van der Waals surface area contributed by atoms with Gasteiger partial charge in [0, 0.05) is 10.5 Å². The van der Waals surface area contributed by atoms with Crippen LogP contribution in [0.2, 0.25) is 0 Å². The summed E-state index contributed by atoms with van der Waals surface area (Å²) in [5.74, 6) is 0.608. The molecule has 1 rings (SSSR count). The molecule has 0 bridgehead atoms. The maximum atomic E-state index is 4.99. The summed E-state index contributed by atoms with van der Waals surface area (Å²) in [6.07, 6.45) is 0. The first-order chi connectivity index (χ1) is 5.65. The molecule has 0 saturated heterocycles. The molecule has 0 saturated carbocycles. The van der Waals surface area contributed by atoms with E-state index in [2.05, 4.69) is 52.8 Å². The zero-order chi connectivity index (χ0) is 9.14. The Kier molecular flexibility index (Phi) is 3.99. The minimum atomic E-state index is 0.0366. The Morgan fingerprint density at radius 1 is 1.42 bits per heavy atom. The smallest absolute Gasteiger partial charge is 0.213 e. The van der Waals surface area contributed by atoms with Crippen molar-refractivity contribution in [3.63, 3.8) is 0 Å². The van der Waals surface area contributed by atoms with Gasteiger partial charge in [0.2, 0.25) is 5.88 Å². The Bertz CT molecular complexity index is 277. The average Bonchev–Trinajstić information content (AvgIpc) is 2.05. The Hall–Kier alpha value is 0.390. The monoisotopic (exact) mass is 357 g/mol. The van der Waals surface area contributed by atoms with E-state index in [1.807, 2.05) is 6.07 Å². The molecular formula is C7H6Br3NO. The highest BCUT2D eigenvalue weighted by atomic mass is 79.9. The van der Waals surface area contributed by atoms with Crippen LogP contribution in [0, 0.1) is 0 Å². The third kappa shape index (κ3) is 2.44. The molecule has 0 atom stereocenters. The minimum absolute atomic E-state index is 0.0366. The molecule has 0 fully saturated rings. The molecule has 0 amide bonds. The van der Waals surface area contributed by atoms with Crippen molar-refractivity contribution >= 4 is 47.8 Å². The number of hydrogen-bond acceptors (Lipinski definition) is 2. The molecule has 66 valence electrons. The standard InChI is InChI=1S/C7H6Br3NO/c1-12-5-3-2-4(8)6(11-5)7(9)10/h2-3,7H,1H3. The van der Waals surface area contributed by atoms with Gasteiger partial charge in [0.15, 0.2) is 0 Å². The first-order valence-corrected chi connectivity index (χ1v) is 5.76. The van der Waals surface area contributed by atoms with Crippen LogP contribution in [0.5, 0.6) is 5.88 Å². The van der Waals surface area contributed by atoms with Gasteiger partial charge in [0.1, 0.15) is 3.74 Å². The summed E-state index contributed by atoms with van der Waals surface area (Å²) < 4.78 is 5.97. The number of halogens is 3. The van der Waals surface area contributed by atoms with Crippen molar-refractivity contribution in [3.05, 3.63) is 22.3 Å². The van der Waals surface area contributed by atoms with Crippen LogP contribution >= 0.6 is 47.8 Å². The highest BCUT2D eigenvalue weighted by Gasteiger charge is 2.09. The average molecular weight is 360 g/mol. The number of alkyl halides is 2. The van der Waals surface area contributed by atoms with E-state index in [4.69, 9.17) is 4.74 Å². The van der Waals surface area contributed by atoms with Crippen molar-refractivity contribution in [2.45, 2.75) is 3.74 Å². The van der Waals surface area contributed by atoms with Gasteiger partial charge in [-0.1, -0.05) is 31.9 Å². The first kappa shape index (κ1) is 10.5. The lowest BCUT2D eigenvalue weighted by Crippen LogP contribution is -1.93. The number of methoxy groups -OCH3 is 1. The number of hydrogen-bond donors (Lipinski definition) is 0. The molecule has 0 aliphatic carbocycles. The van der Waals surface area contributed by atoms with E-state index >= 15 is 0 Å². The minimum Gasteiger partial charge on any atom is -0.481 e. The summed E-state index contributed by atoms with van der Waals surface area (Å²) in [7, 11) is 1.59. The fourth-order valence-electron chi connectivity index (χ4n) is 0.706. The van der Waals surface area contributed by atoms with E-state index in [1.165, 1.54) is 0 Å². The lowest BCUT2D eigenvalue weighted by molar-refractivity contribution is 0.396. The molecule has 0 aliphatic heterocycles. The second-order valence-electron chi connectivity index (χ2n) is 2.02. The zero-order valence-electron chi connectivity index (χ0n) is 6.22. The molecule has 0 spiro atoms. The van der Waals surface area contributed by atoms with Gasteiger partial charge in [-0.25, -0.2) is 4.98 Å². The van der Waals surface area contributed by atoms with E-state index in [-0.39, 0.29) is 3.74 Å². The SMILES string of the molecule is COc1ccc(Br)c(C(Br)Br)n1. The summed E-state index contributed by atoms with van der Waals surface area (Å²) in [5, 5.41) is 0. The van der Waals surface area contributed by atoms with Crippen LogP contribution in [-0.4, -0.2) is 12.1 Å². The van der Waals surface area contributed by atoms with E-state index in [9.17, 15) is 0 Å². The summed E-state index contributed by atoms with van der Waals surface area (Å²) in [6.45, 7) is 0. The molecule has 0 aliphatic rings. The summed E-state index contributed by atoms with van der Waals surface area (Å²) in [4.78, 5) is 4.23. The quantitative estimate of drug-likeness (QED) is 0.752. The first-order valence-electron chi connectivity index (χ1n) is 3.13. The van der Waals surface area contributed by atoms with Gasteiger partial charge < -0.3 is 4.74 Å². The second kappa shape index (κ2) is 4.58. The number of aromatic nitrogens is 1.